The van der Waals surface area contributed by atoms with E-state index in [0.717, 1.165) is 58.3 Å². The summed E-state index contributed by atoms with van der Waals surface area (Å²) in [5, 5.41) is 6.78. The van der Waals surface area contributed by atoms with Crippen molar-refractivity contribution >= 4 is 5.96 Å². The van der Waals surface area contributed by atoms with Gasteiger partial charge >= 0.3 is 0 Å². The van der Waals surface area contributed by atoms with Crippen molar-refractivity contribution in [2.75, 3.05) is 79.2 Å². The molecule has 2 N–H and O–H groups in total. The van der Waals surface area contributed by atoms with E-state index in [1.54, 1.807) is 0 Å². The second-order valence-electron chi connectivity index (χ2n) is 7.60. The Morgan fingerprint density at radius 2 is 2.00 bits per heavy atom. The van der Waals surface area contributed by atoms with E-state index in [-0.39, 0.29) is 0 Å². The second kappa shape index (κ2) is 14.2. The summed E-state index contributed by atoms with van der Waals surface area (Å²) in [7, 11) is 2.21. The SMILES string of the molecule is CCNC(=NCCCOCC1CCCO1)NCCCCN1CCN(C)CC1. The first kappa shape index (κ1) is 22.4. The van der Waals surface area contributed by atoms with E-state index in [2.05, 4.69) is 39.4 Å². The summed E-state index contributed by atoms with van der Waals surface area (Å²) < 4.78 is 11.3. The molecule has 2 saturated heterocycles. The summed E-state index contributed by atoms with van der Waals surface area (Å²) in [5.41, 5.74) is 0. The molecule has 2 rings (SSSR count). The van der Waals surface area contributed by atoms with Crippen molar-refractivity contribution in [2.45, 2.75) is 45.1 Å². The standard InChI is InChI=1S/C20H41N5O2/c1-3-21-20(23-10-7-16-26-18-19-8-6-17-27-19)22-9-4-5-11-25-14-12-24(2)13-15-25/h19H,3-18H2,1-2H3,(H2,21,22,23). The number of nitrogens with zero attached hydrogens (tertiary/aromatic N) is 3. The number of rotatable bonds is 12. The lowest BCUT2D eigenvalue weighted by molar-refractivity contribution is 0.0171. The van der Waals surface area contributed by atoms with Gasteiger partial charge in [0.15, 0.2) is 5.96 Å². The highest BCUT2D eigenvalue weighted by molar-refractivity contribution is 5.79. The van der Waals surface area contributed by atoms with Crippen LogP contribution in [0.4, 0.5) is 0 Å². The first-order chi connectivity index (χ1) is 13.3. The molecule has 0 saturated carbocycles. The normalized spacial score (nSPS) is 22.3. The fraction of sp³-hybridized carbons (Fsp3) is 0.950. The molecule has 158 valence electrons. The van der Waals surface area contributed by atoms with E-state index in [9.17, 15) is 0 Å². The first-order valence-corrected chi connectivity index (χ1v) is 10.9. The van der Waals surface area contributed by atoms with E-state index in [4.69, 9.17) is 9.47 Å². The van der Waals surface area contributed by atoms with Crippen molar-refractivity contribution in [3.05, 3.63) is 0 Å². The molecule has 2 heterocycles. The number of guanidine groups is 1. The molecule has 1 unspecified atom stereocenters. The van der Waals surface area contributed by atoms with Crippen molar-refractivity contribution in [1.82, 2.24) is 20.4 Å². The van der Waals surface area contributed by atoms with Gasteiger partial charge in [0.05, 0.1) is 12.7 Å². The van der Waals surface area contributed by atoms with Gasteiger partial charge in [0.25, 0.3) is 0 Å². The van der Waals surface area contributed by atoms with Gasteiger partial charge in [-0.25, -0.2) is 0 Å². The van der Waals surface area contributed by atoms with Crippen LogP contribution >= 0.6 is 0 Å². The van der Waals surface area contributed by atoms with Crippen LogP contribution in [0.25, 0.3) is 0 Å². The maximum absolute atomic E-state index is 5.69. The zero-order valence-corrected chi connectivity index (χ0v) is 17.5. The molecule has 0 bridgehead atoms. The van der Waals surface area contributed by atoms with Crippen molar-refractivity contribution in [2.24, 2.45) is 4.99 Å². The average molecular weight is 384 g/mol. The topological polar surface area (TPSA) is 61.4 Å². The summed E-state index contributed by atoms with van der Waals surface area (Å²) >= 11 is 0. The quantitative estimate of drug-likeness (QED) is 0.300. The minimum Gasteiger partial charge on any atom is -0.379 e. The van der Waals surface area contributed by atoms with Crippen LogP contribution in [0.15, 0.2) is 4.99 Å². The van der Waals surface area contributed by atoms with Crippen LogP contribution in [0.3, 0.4) is 0 Å². The zero-order chi connectivity index (χ0) is 19.2. The van der Waals surface area contributed by atoms with Crippen LogP contribution < -0.4 is 10.6 Å². The Kier molecular flexibility index (Phi) is 11.7. The molecular weight excluding hydrogens is 342 g/mol. The molecule has 2 aliphatic rings. The van der Waals surface area contributed by atoms with E-state index < -0.39 is 0 Å². The van der Waals surface area contributed by atoms with Gasteiger partial charge in [-0.1, -0.05) is 0 Å². The summed E-state index contributed by atoms with van der Waals surface area (Å²) in [6.07, 6.45) is 6.01. The van der Waals surface area contributed by atoms with Crippen LogP contribution in [-0.4, -0.2) is 101 Å². The smallest absolute Gasteiger partial charge is 0.191 e. The molecule has 7 nitrogen and oxygen atoms in total. The number of piperazine rings is 1. The lowest BCUT2D eigenvalue weighted by Gasteiger charge is -2.32. The van der Waals surface area contributed by atoms with Crippen LogP contribution in [0.1, 0.15) is 39.0 Å². The van der Waals surface area contributed by atoms with Crippen LogP contribution in [-0.2, 0) is 9.47 Å². The summed E-state index contributed by atoms with van der Waals surface area (Å²) in [4.78, 5) is 9.63. The number of hydrogen-bond donors (Lipinski definition) is 2. The molecule has 0 spiro atoms. The lowest BCUT2D eigenvalue weighted by Crippen LogP contribution is -2.44. The average Bonchev–Trinajstić information content (AvgIpc) is 3.19. The van der Waals surface area contributed by atoms with Gasteiger partial charge in [-0.15, -0.1) is 0 Å². The minimum absolute atomic E-state index is 0.318. The Hall–Kier alpha value is -0.890. The Morgan fingerprint density at radius 1 is 1.15 bits per heavy atom. The second-order valence-corrected chi connectivity index (χ2v) is 7.60. The van der Waals surface area contributed by atoms with Crippen molar-refractivity contribution in [1.29, 1.82) is 0 Å². The third-order valence-corrected chi connectivity index (χ3v) is 5.18. The van der Waals surface area contributed by atoms with E-state index in [1.165, 1.54) is 52.0 Å². The van der Waals surface area contributed by atoms with Crippen molar-refractivity contribution in [3.63, 3.8) is 0 Å². The van der Waals surface area contributed by atoms with Gasteiger partial charge in [0, 0.05) is 59.0 Å². The fourth-order valence-electron chi connectivity index (χ4n) is 3.43. The highest BCUT2D eigenvalue weighted by Crippen LogP contribution is 2.11. The molecule has 27 heavy (non-hydrogen) atoms. The van der Waals surface area contributed by atoms with Gasteiger partial charge < -0.3 is 29.9 Å². The number of aliphatic imine (C=N–C) groups is 1. The summed E-state index contributed by atoms with van der Waals surface area (Å²) in [5.74, 6) is 0.927. The maximum Gasteiger partial charge on any atom is 0.191 e. The predicted molar refractivity (Wildman–Crippen MR) is 112 cm³/mol. The minimum atomic E-state index is 0.318. The van der Waals surface area contributed by atoms with Gasteiger partial charge in [0.2, 0.25) is 0 Å². The highest BCUT2D eigenvalue weighted by Gasteiger charge is 2.15. The van der Waals surface area contributed by atoms with E-state index >= 15 is 0 Å². The third-order valence-electron chi connectivity index (χ3n) is 5.18. The first-order valence-electron chi connectivity index (χ1n) is 10.9. The Labute approximate surface area is 165 Å². The molecule has 0 aromatic rings. The molecular formula is C20H41N5O2. The maximum atomic E-state index is 5.69. The Balaban J connectivity index is 1.47. The summed E-state index contributed by atoms with van der Waals surface area (Å²) in [6.45, 7) is 13.2. The monoisotopic (exact) mass is 383 g/mol. The number of nitrogens with one attached hydrogen (secondary N) is 2. The van der Waals surface area contributed by atoms with Crippen molar-refractivity contribution in [3.8, 4) is 0 Å². The van der Waals surface area contributed by atoms with E-state index in [1.807, 2.05) is 0 Å². The fourth-order valence-corrected chi connectivity index (χ4v) is 3.43. The number of ether oxygens (including phenoxy) is 2. The van der Waals surface area contributed by atoms with Crippen LogP contribution in [0.5, 0.6) is 0 Å². The molecule has 0 aliphatic carbocycles. The molecule has 0 aromatic heterocycles. The molecule has 7 heteroatoms. The number of hydrogen-bond acceptors (Lipinski definition) is 5. The number of unbranched alkanes of at least 4 members (excludes halogenated alkanes) is 1. The predicted octanol–water partition coefficient (Wildman–Crippen LogP) is 1.15. The van der Waals surface area contributed by atoms with Crippen molar-refractivity contribution < 1.29 is 9.47 Å². The van der Waals surface area contributed by atoms with Crippen LogP contribution in [0.2, 0.25) is 0 Å². The highest BCUT2D eigenvalue weighted by atomic mass is 16.5. The molecule has 0 aromatic carbocycles. The lowest BCUT2D eigenvalue weighted by atomic mass is 10.2. The zero-order valence-electron chi connectivity index (χ0n) is 17.5. The van der Waals surface area contributed by atoms with Gasteiger partial charge in [-0.2, -0.15) is 0 Å². The largest absolute Gasteiger partial charge is 0.379 e. The summed E-state index contributed by atoms with van der Waals surface area (Å²) in [6, 6.07) is 0. The number of likely N-dealkylation sites (N-methyl/N-ethyl adjacent to an activating group) is 1. The van der Waals surface area contributed by atoms with E-state index in [0.29, 0.717) is 6.10 Å². The van der Waals surface area contributed by atoms with Gasteiger partial charge in [-0.3, -0.25) is 4.99 Å². The molecule has 2 aliphatic heterocycles. The molecule has 2 fully saturated rings. The molecule has 0 amide bonds. The third kappa shape index (κ3) is 10.3. The Morgan fingerprint density at radius 3 is 2.74 bits per heavy atom. The molecule has 0 radical (unpaired) electrons. The van der Waals surface area contributed by atoms with Gasteiger partial charge in [0.1, 0.15) is 0 Å². The van der Waals surface area contributed by atoms with Crippen LogP contribution in [0, 0.1) is 0 Å². The van der Waals surface area contributed by atoms with Gasteiger partial charge in [-0.05, 0) is 52.6 Å². The Bertz CT molecular complexity index is 394. The molecule has 1 atom stereocenters.